The van der Waals surface area contributed by atoms with Gasteiger partial charge in [0.25, 0.3) is 0 Å². The molecule has 0 aliphatic heterocycles. The van der Waals surface area contributed by atoms with Crippen LogP contribution in [0.25, 0.3) is 0 Å². The molecule has 1 aliphatic carbocycles. The summed E-state index contributed by atoms with van der Waals surface area (Å²) in [5, 5.41) is 0. The molecule has 0 atom stereocenters. The summed E-state index contributed by atoms with van der Waals surface area (Å²) in [6.45, 7) is 1.31. The fourth-order valence-electron chi connectivity index (χ4n) is 1.82. The van der Waals surface area contributed by atoms with Crippen molar-refractivity contribution >= 4 is 0 Å². The zero-order chi connectivity index (χ0) is 11.2. The molecule has 0 unspecified atom stereocenters. The zero-order valence-corrected chi connectivity index (χ0v) is 9.36. The Hall–Kier alpha value is -1.30. The summed E-state index contributed by atoms with van der Waals surface area (Å²) in [4.78, 5) is 0. The van der Waals surface area contributed by atoms with Gasteiger partial charge in [-0.05, 0) is 37.4 Å². The van der Waals surface area contributed by atoms with E-state index in [0.717, 1.165) is 24.9 Å². The fourth-order valence-corrected chi connectivity index (χ4v) is 1.82. The molecule has 0 spiro atoms. The van der Waals surface area contributed by atoms with Gasteiger partial charge in [0.1, 0.15) is 6.61 Å². The van der Waals surface area contributed by atoms with E-state index in [1.807, 2.05) is 30.3 Å². The molecule has 0 saturated heterocycles. The summed E-state index contributed by atoms with van der Waals surface area (Å²) in [6.07, 6.45) is 2.59. The molecule has 2 heteroatoms. The van der Waals surface area contributed by atoms with Gasteiger partial charge in [0.15, 0.2) is 0 Å². The molecule has 0 bridgehead atoms. The van der Waals surface area contributed by atoms with Crippen LogP contribution >= 0.6 is 0 Å². The lowest BCUT2D eigenvalue weighted by Crippen LogP contribution is -2.35. The van der Waals surface area contributed by atoms with Crippen molar-refractivity contribution in [3.8, 4) is 11.8 Å². The first-order valence-electron chi connectivity index (χ1n) is 5.74. The maximum atomic E-state index is 5.60. The van der Waals surface area contributed by atoms with Crippen molar-refractivity contribution in [2.45, 2.75) is 18.9 Å². The maximum Gasteiger partial charge on any atom is 0.108 e. The average molecular weight is 215 g/mol. The predicted molar refractivity (Wildman–Crippen MR) is 64.8 cm³/mol. The van der Waals surface area contributed by atoms with Gasteiger partial charge in [-0.2, -0.15) is 0 Å². The fraction of sp³-hybridized carbons (Fsp3) is 0.429. The van der Waals surface area contributed by atoms with E-state index >= 15 is 0 Å². The second-order valence-corrected chi connectivity index (χ2v) is 4.17. The molecule has 0 amide bonds. The van der Waals surface area contributed by atoms with Crippen molar-refractivity contribution in [2.75, 3.05) is 13.2 Å². The molecular weight excluding hydrogens is 198 g/mol. The van der Waals surface area contributed by atoms with Crippen molar-refractivity contribution in [3.63, 3.8) is 0 Å². The van der Waals surface area contributed by atoms with Crippen LogP contribution in [-0.4, -0.2) is 19.3 Å². The third-order valence-electron chi connectivity index (χ3n) is 2.92. The molecule has 16 heavy (non-hydrogen) atoms. The quantitative estimate of drug-likeness (QED) is 0.780. The number of rotatable bonds is 3. The second kappa shape index (κ2) is 5.69. The van der Waals surface area contributed by atoms with E-state index in [2.05, 4.69) is 11.8 Å². The second-order valence-electron chi connectivity index (χ2n) is 4.17. The molecular formula is C14H17NO. The van der Waals surface area contributed by atoms with Crippen molar-refractivity contribution in [1.29, 1.82) is 0 Å². The molecule has 1 saturated carbocycles. The van der Waals surface area contributed by atoms with E-state index in [9.17, 15) is 0 Å². The highest BCUT2D eigenvalue weighted by Crippen LogP contribution is 2.28. The Balaban J connectivity index is 1.67. The number of hydrogen-bond acceptors (Lipinski definition) is 2. The van der Waals surface area contributed by atoms with Gasteiger partial charge in [-0.3, -0.25) is 0 Å². The molecule has 2 N–H and O–H groups in total. The van der Waals surface area contributed by atoms with Gasteiger partial charge in [-0.15, -0.1) is 0 Å². The van der Waals surface area contributed by atoms with Gasteiger partial charge in [-0.1, -0.05) is 30.0 Å². The Kier molecular flexibility index (Phi) is 3.98. The van der Waals surface area contributed by atoms with Crippen LogP contribution in [0.4, 0.5) is 0 Å². The Bertz CT molecular complexity index is 371. The lowest BCUT2D eigenvalue weighted by atomic mass is 9.82. The van der Waals surface area contributed by atoms with E-state index in [4.69, 9.17) is 10.5 Å². The molecule has 2 nitrogen and oxygen atoms in total. The molecule has 0 aromatic heterocycles. The minimum absolute atomic E-state index is 0.388. The van der Waals surface area contributed by atoms with Gasteiger partial charge < -0.3 is 10.5 Å². The lowest BCUT2D eigenvalue weighted by molar-refractivity contribution is -0.0119. The van der Waals surface area contributed by atoms with Crippen molar-refractivity contribution in [2.24, 2.45) is 11.7 Å². The Morgan fingerprint density at radius 2 is 2.00 bits per heavy atom. The van der Waals surface area contributed by atoms with Gasteiger partial charge >= 0.3 is 0 Å². The monoisotopic (exact) mass is 215 g/mol. The molecule has 1 aromatic rings. The number of benzene rings is 1. The molecule has 2 rings (SSSR count). The first-order chi connectivity index (χ1) is 7.88. The van der Waals surface area contributed by atoms with Crippen molar-refractivity contribution < 1.29 is 4.74 Å². The molecule has 0 radical (unpaired) electrons. The summed E-state index contributed by atoms with van der Waals surface area (Å²) < 4.78 is 5.60. The summed E-state index contributed by atoms with van der Waals surface area (Å²) in [6, 6.07) is 9.97. The van der Waals surface area contributed by atoms with Crippen LogP contribution in [0.3, 0.4) is 0 Å². The van der Waals surface area contributed by atoms with Crippen LogP contribution in [0, 0.1) is 17.8 Å². The number of ether oxygens (including phenoxy) is 1. The highest BCUT2D eigenvalue weighted by Gasteiger charge is 2.27. The largest absolute Gasteiger partial charge is 0.366 e. The molecule has 84 valence electrons. The minimum atomic E-state index is 0.388. The number of nitrogens with two attached hydrogens (primary N) is 1. The topological polar surface area (TPSA) is 35.2 Å². The van der Waals surface area contributed by atoms with Crippen molar-refractivity contribution in [1.82, 2.24) is 0 Å². The normalized spacial score (nSPS) is 23.1. The third kappa shape index (κ3) is 3.10. The van der Waals surface area contributed by atoms with Crippen LogP contribution in [0.2, 0.25) is 0 Å². The Morgan fingerprint density at radius 3 is 2.69 bits per heavy atom. The Morgan fingerprint density at radius 1 is 1.25 bits per heavy atom. The van der Waals surface area contributed by atoms with Gasteiger partial charge in [-0.25, -0.2) is 0 Å². The summed E-state index contributed by atoms with van der Waals surface area (Å²) >= 11 is 0. The molecule has 1 fully saturated rings. The summed E-state index contributed by atoms with van der Waals surface area (Å²) in [5.41, 5.74) is 6.58. The van der Waals surface area contributed by atoms with Gasteiger partial charge in [0, 0.05) is 5.56 Å². The third-order valence-corrected chi connectivity index (χ3v) is 2.92. The first-order valence-corrected chi connectivity index (χ1v) is 5.74. The van der Waals surface area contributed by atoms with Crippen LogP contribution in [0.5, 0.6) is 0 Å². The molecule has 1 aliphatic rings. The predicted octanol–water partition coefficient (Wildman–Crippen LogP) is 1.79. The van der Waals surface area contributed by atoms with Crippen molar-refractivity contribution in [3.05, 3.63) is 35.9 Å². The van der Waals surface area contributed by atoms with E-state index in [1.165, 1.54) is 0 Å². The van der Waals surface area contributed by atoms with E-state index in [-0.39, 0.29) is 0 Å². The van der Waals surface area contributed by atoms with Gasteiger partial charge in [0.05, 0.1) is 6.10 Å². The van der Waals surface area contributed by atoms with Crippen LogP contribution in [0.15, 0.2) is 30.3 Å². The first kappa shape index (κ1) is 11.2. The molecule has 1 aromatic carbocycles. The van der Waals surface area contributed by atoms with E-state index in [0.29, 0.717) is 18.6 Å². The van der Waals surface area contributed by atoms with E-state index in [1.54, 1.807) is 0 Å². The lowest BCUT2D eigenvalue weighted by Gasteiger charge is -2.33. The average Bonchev–Trinajstić information content (AvgIpc) is 2.28. The van der Waals surface area contributed by atoms with E-state index < -0.39 is 0 Å². The summed E-state index contributed by atoms with van der Waals surface area (Å²) in [5.74, 6) is 6.78. The molecule has 0 heterocycles. The summed E-state index contributed by atoms with van der Waals surface area (Å²) in [7, 11) is 0. The number of hydrogen-bond donors (Lipinski definition) is 1. The highest BCUT2D eigenvalue weighted by molar-refractivity contribution is 5.33. The van der Waals surface area contributed by atoms with Crippen LogP contribution in [-0.2, 0) is 4.74 Å². The van der Waals surface area contributed by atoms with Crippen LogP contribution in [0.1, 0.15) is 18.4 Å². The van der Waals surface area contributed by atoms with Crippen LogP contribution < -0.4 is 5.73 Å². The highest BCUT2D eigenvalue weighted by atomic mass is 16.5. The van der Waals surface area contributed by atoms with Gasteiger partial charge in [0.2, 0.25) is 0 Å². The smallest absolute Gasteiger partial charge is 0.108 e. The SMILES string of the molecule is NCC1CC(OCC#Cc2ccccc2)C1. The minimum Gasteiger partial charge on any atom is -0.366 e. The maximum absolute atomic E-state index is 5.60. The standard InChI is InChI=1S/C14H17NO/c15-11-13-9-14(10-13)16-8-4-7-12-5-2-1-3-6-12/h1-3,5-6,13-14H,8-11,15H2. The Labute approximate surface area is 96.8 Å². The zero-order valence-electron chi connectivity index (χ0n) is 9.36.